The van der Waals surface area contributed by atoms with E-state index in [-0.39, 0.29) is 12.1 Å². The largest absolute Gasteiger partial charge is 0.458 e. The molecule has 0 spiro atoms. The number of benzene rings is 6. The molecule has 52 heavy (non-hydrogen) atoms. The highest BCUT2D eigenvalue weighted by Gasteiger charge is 2.42. The van der Waals surface area contributed by atoms with E-state index in [0.717, 1.165) is 11.5 Å². The van der Waals surface area contributed by atoms with Crippen molar-refractivity contribution in [3.05, 3.63) is 129 Å². The zero-order valence-electron chi connectivity index (χ0n) is 32.6. The fourth-order valence-corrected chi connectivity index (χ4v) is 9.68. The van der Waals surface area contributed by atoms with Gasteiger partial charge >= 0.3 is 0 Å². The molecule has 3 heterocycles. The standard InChI is InChI=1S/C49H48BNO/c1-26(2)34-23-42-47-44(24-34)52-43-15-13-36(49(9,10)11)25-39(43)50(47)40-22-35(46-31(7)18-28(4)19-32(46)8)21-38-37-20-33(12-14-41(37)51(42)48(38)40)45-29(5)16-27(3)17-30(45)6/h12-26H,1-11H3. The highest BCUT2D eigenvalue weighted by Crippen LogP contribution is 2.43. The molecule has 6 aromatic carbocycles. The third kappa shape index (κ3) is 4.78. The second kappa shape index (κ2) is 11.2. The molecule has 0 fully saturated rings. The first-order valence-corrected chi connectivity index (χ1v) is 19.0. The van der Waals surface area contributed by atoms with Crippen molar-refractivity contribution in [3.63, 3.8) is 0 Å². The van der Waals surface area contributed by atoms with Crippen molar-refractivity contribution in [2.75, 3.05) is 0 Å². The van der Waals surface area contributed by atoms with E-state index in [4.69, 9.17) is 4.74 Å². The van der Waals surface area contributed by atoms with Crippen molar-refractivity contribution < 1.29 is 4.74 Å². The van der Waals surface area contributed by atoms with E-state index in [1.807, 2.05) is 0 Å². The van der Waals surface area contributed by atoms with Crippen molar-refractivity contribution in [1.82, 2.24) is 4.57 Å². The van der Waals surface area contributed by atoms with Gasteiger partial charge in [0.2, 0.25) is 0 Å². The predicted molar refractivity (Wildman–Crippen MR) is 224 cm³/mol. The summed E-state index contributed by atoms with van der Waals surface area (Å²) >= 11 is 0. The van der Waals surface area contributed by atoms with Crippen LogP contribution in [-0.2, 0) is 5.41 Å². The SMILES string of the molecule is Cc1cc(C)c(-c2ccc3c(c2)c2cc(-c4c(C)cc(C)cc4C)cc4c2n3-c2cc(C(C)C)cc3c2B4c2cc(C(C)(C)C)ccc2O3)c(C)c1. The topological polar surface area (TPSA) is 14.2 Å². The maximum Gasteiger partial charge on any atom is 0.256 e. The Bertz CT molecular complexity index is 2630. The quantitative estimate of drug-likeness (QED) is 0.170. The van der Waals surface area contributed by atoms with E-state index in [9.17, 15) is 0 Å². The average molecular weight is 678 g/mol. The van der Waals surface area contributed by atoms with Gasteiger partial charge in [-0.2, -0.15) is 0 Å². The van der Waals surface area contributed by atoms with E-state index in [0.29, 0.717) is 5.92 Å². The molecule has 0 unspecified atom stereocenters. The maximum atomic E-state index is 6.95. The molecule has 0 amide bonds. The number of rotatable bonds is 3. The lowest BCUT2D eigenvalue weighted by Crippen LogP contribution is -2.58. The van der Waals surface area contributed by atoms with Crippen molar-refractivity contribution >= 4 is 44.9 Å². The van der Waals surface area contributed by atoms with E-state index >= 15 is 0 Å². The number of aromatic nitrogens is 1. The lowest BCUT2D eigenvalue weighted by molar-refractivity contribution is 0.485. The molecule has 0 saturated carbocycles. The van der Waals surface area contributed by atoms with E-state index < -0.39 is 0 Å². The van der Waals surface area contributed by atoms with Crippen LogP contribution < -0.4 is 21.1 Å². The van der Waals surface area contributed by atoms with Crippen molar-refractivity contribution in [1.29, 1.82) is 0 Å². The summed E-state index contributed by atoms with van der Waals surface area (Å²) in [4.78, 5) is 0. The molecular formula is C49H48BNO. The Labute approximate surface area is 309 Å². The molecule has 7 aromatic rings. The van der Waals surface area contributed by atoms with Crippen LogP contribution >= 0.6 is 0 Å². The summed E-state index contributed by atoms with van der Waals surface area (Å²) in [5.74, 6) is 2.31. The molecule has 0 aliphatic carbocycles. The van der Waals surface area contributed by atoms with Crippen LogP contribution in [0.15, 0.2) is 84.9 Å². The summed E-state index contributed by atoms with van der Waals surface area (Å²) in [6.07, 6.45) is 0. The molecular weight excluding hydrogens is 629 g/mol. The smallest absolute Gasteiger partial charge is 0.256 e. The normalized spacial score (nSPS) is 13.2. The Balaban J connectivity index is 1.46. The minimum absolute atomic E-state index is 0.0130. The second-order valence-electron chi connectivity index (χ2n) is 17.2. The van der Waals surface area contributed by atoms with Gasteiger partial charge in [-0.1, -0.05) is 94.3 Å². The van der Waals surface area contributed by atoms with Crippen LogP contribution in [0.4, 0.5) is 0 Å². The van der Waals surface area contributed by atoms with Gasteiger partial charge in [-0.15, -0.1) is 0 Å². The minimum atomic E-state index is 0.0130. The lowest BCUT2D eigenvalue weighted by atomic mass is 9.34. The molecule has 0 saturated heterocycles. The van der Waals surface area contributed by atoms with Gasteiger partial charge in [0.05, 0.1) is 5.52 Å². The Kier molecular flexibility index (Phi) is 7.10. The van der Waals surface area contributed by atoms with Gasteiger partial charge < -0.3 is 9.30 Å². The van der Waals surface area contributed by atoms with Gasteiger partial charge in [0.25, 0.3) is 6.71 Å². The molecule has 0 bridgehead atoms. The fraction of sp³-hybridized carbons (Fsp3) is 0.265. The molecule has 2 nitrogen and oxygen atoms in total. The molecule has 3 heteroatoms. The first-order valence-electron chi connectivity index (χ1n) is 19.0. The van der Waals surface area contributed by atoms with Gasteiger partial charge in [-0.25, -0.2) is 0 Å². The van der Waals surface area contributed by atoms with Gasteiger partial charge in [0, 0.05) is 22.0 Å². The number of ether oxygens (including phenoxy) is 1. The molecule has 2 aliphatic heterocycles. The highest BCUT2D eigenvalue weighted by molar-refractivity contribution is 6.99. The molecule has 0 atom stereocenters. The summed E-state index contributed by atoms with van der Waals surface area (Å²) in [6, 6.07) is 33.2. The fourth-order valence-electron chi connectivity index (χ4n) is 9.68. The van der Waals surface area contributed by atoms with E-state index in [1.54, 1.807) is 0 Å². The van der Waals surface area contributed by atoms with Crippen LogP contribution in [0.5, 0.6) is 11.5 Å². The van der Waals surface area contributed by atoms with Crippen LogP contribution in [0.3, 0.4) is 0 Å². The lowest BCUT2D eigenvalue weighted by Gasteiger charge is -2.35. The van der Waals surface area contributed by atoms with Crippen LogP contribution in [0, 0.1) is 41.5 Å². The number of aryl methyl sites for hydroxylation is 6. The second-order valence-corrected chi connectivity index (χ2v) is 17.2. The van der Waals surface area contributed by atoms with Crippen molar-refractivity contribution in [2.24, 2.45) is 0 Å². The summed E-state index contributed by atoms with van der Waals surface area (Å²) in [6.45, 7) is 25.0. The Morgan fingerprint density at radius 1 is 0.596 bits per heavy atom. The van der Waals surface area contributed by atoms with Gasteiger partial charge in [-0.3, -0.25) is 0 Å². The third-order valence-electron chi connectivity index (χ3n) is 11.9. The van der Waals surface area contributed by atoms with E-state index in [2.05, 4.69) is 166 Å². The van der Waals surface area contributed by atoms with Gasteiger partial charge in [0.1, 0.15) is 11.5 Å². The van der Waals surface area contributed by atoms with Crippen LogP contribution in [0.25, 0.3) is 49.7 Å². The first-order chi connectivity index (χ1) is 24.7. The Hall–Kier alpha value is -5.02. The molecule has 0 N–H and O–H groups in total. The van der Waals surface area contributed by atoms with Crippen LogP contribution in [0.2, 0.25) is 0 Å². The molecule has 1 aromatic heterocycles. The van der Waals surface area contributed by atoms with E-state index in [1.165, 1.54) is 111 Å². The number of hydrogen-bond donors (Lipinski definition) is 0. The monoisotopic (exact) mass is 677 g/mol. The zero-order chi connectivity index (χ0) is 36.5. The zero-order valence-corrected chi connectivity index (χ0v) is 32.6. The Morgan fingerprint density at radius 3 is 1.83 bits per heavy atom. The summed E-state index contributed by atoms with van der Waals surface area (Å²) in [7, 11) is 0. The molecule has 0 radical (unpaired) electrons. The number of fused-ring (bicyclic) bond motifs is 7. The van der Waals surface area contributed by atoms with Crippen molar-refractivity contribution in [3.8, 4) is 39.4 Å². The summed E-state index contributed by atoms with van der Waals surface area (Å²) in [5.41, 5.74) is 23.5. The molecule has 2 aliphatic rings. The van der Waals surface area contributed by atoms with Gasteiger partial charge in [0.15, 0.2) is 0 Å². The molecule has 258 valence electrons. The highest BCUT2D eigenvalue weighted by atomic mass is 16.5. The van der Waals surface area contributed by atoms with Gasteiger partial charge in [-0.05, 0) is 161 Å². The third-order valence-corrected chi connectivity index (χ3v) is 11.9. The predicted octanol–water partition coefficient (Wildman–Crippen LogP) is 11.3. The van der Waals surface area contributed by atoms with Crippen LogP contribution in [0.1, 0.15) is 85.0 Å². The summed E-state index contributed by atoms with van der Waals surface area (Å²) < 4.78 is 9.52. The maximum absolute atomic E-state index is 6.95. The molecule has 9 rings (SSSR count). The first kappa shape index (κ1) is 32.9. The number of nitrogens with zero attached hydrogens (tertiary/aromatic N) is 1. The number of hydrogen-bond acceptors (Lipinski definition) is 1. The average Bonchev–Trinajstić information content (AvgIpc) is 3.38. The van der Waals surface area contributed by atoms with Crippen molar-refractivity contribution in [2.45, 2.75) is 87.5 Å². The minimum Gasteiger partial charge on any atom is -0.458 e. The summed E-state index contributed by atoms with van der Waals surface area (Å²) in [5, 5.41) is 2.61. The Morgan fingerprint density at radius 2 is 1.21 bits per heavy atom. The van der Waals surface area contributed by atoms with Crippen LogP contribution in [-0.4, -0.2) is 11.3 Å².